The highest BCUT2D eigenvalue weighted by Gasteiger charge is 2.11. The van der Waals surface area contributed by atoms with Crippen LogP contribution in [0.25, 0.3) is 0 Å². The second-order valence-electron chi connectivity index (χ2n) is 5.91. The maximum Gasteiger partial charge on any atom is 0.252 e. The van der Waals surface area contributed by atoms with E-state index in [0.717, 1.165) is 5.56 Å². The van der Waals surface area contributed by atoms with E-state index in [1.54, 1.807) is 31.3 Å². The third-order valence-electron chi connectivity index (χ3n) is 4.05. The molecule has 0 aliphatic carbocycles. The van der Waals surface area contributed by atoms with Crippen molar-refractivity contribution in [3.05, 3.63) is 70.7 Å². The Labute approximate surface area is 187 Å². The number of aliphatic hydroxyl groups is 1. The number of benzene rings is 2. The molecule has 28 heavy (non-hydrogen) atoms. The van der Waals surface area contributed by atoms with Gasteiger partial charge in [-0.1, -0.05) is 54.1 Å². The molecule has 0 heterocycles. The molecule has 0 saturated heterocycles. The molecule has 0 saturated carbocycles. The molecule has 1 atom stereocenters. The summed E-state index contributed by atoms with van der Waals surface area (Å²) in [6, 6.07) is 16.8. The molecule has 2 rings (SSSR count). The van der Waals surface area contributed by atoms with Gasteiger partial charge in [-0.25, -0.2) is 0 Å². The predicted octanol–water partition coefficient (Wildman–Crippen LogP) is 2.63. The Morgan fingerprint density at radius 1 is 1.04 bits per heavy atom. The Morgan fingerprint density at radius 3 is 2.32 bits per heavy atom. The van der Waals surface area contributed by atoms with E-state index < -0.39 is 0 Å². The minimum Gasteiger partial charge on any atom is -0.396 e. The standard InChI is InChI=1S/C20H25ClN4O2.HI/c1-22-20(25-13-16(14-26)15-7-3-2-4-8-15)24-12-11-23-19(27)17-9-5-6-10-18(17)21;/h2-10,16,26H,11-14H2,1H3,(H,23,27)(H2,22,24,25);1H. The number of hydrogen-bond donors (Lipinski definition) is 4. The van der Waals surface area contributed by atoms with Crippen LogP contribution in [0.3, 0.4) is 0 Å². The van der Waals surface area contributed by atoms with Gasteiger partial charge in [-0.15, -0.1) is 24.0 Å². The third kappa shape index (κ3) is 7.65. The zero-order valence-corrected chi connectivity index (χ0v) is 18.8. The normalized spacial score (nSPS) is 11.9. The van der Waals surface area contributed by atoms with E-state index in [2.05, 4.69) is 20.9 Å². The molecule has 1 unspecified atom stereocenters. The van der Waals surface area contributed by atoms with Crippen LogP contribution < -0.4 is 16.0 Å². The van der Waals surface area contributed by atoms with Crippen LogP contribution in [0.2, 0.25) is 5.02 Å². The number of nitrogens with one attached hydrogen (secondary N) is 3. The van der Waals surface area contributed by atoms with Crippen LogP contribution in [-0.2, 0) is 0 Å². The zero-order valence-electron chi connectivity index (χ0n) is 15.7. The topological polar surface area (TPSA) is 85.8 Å². The molecular weight excluding hydrogens is 491 g/mol. The van der Waals surface area contributed by atoms with E-state index in [1.165, 1.54) is 0 Å². The summed E-state index contributed by atoms with van der Waals surface area (Å²) in [4.78, 5) is 16.2. The van der Waals surface area contributed by atoms with E-state index in [1.807, 2.05) is 30.3 Å². The summed E-state index contributed by atoms with van der Waals surface area (Å²) in [7, 11) is 1.67. The van der Waals surface area contributed by atoms with Gasteiger partial charge in [0.2, 0.25) is 0 Å². The number of guanidine groups is 1. The molecule has 2 aromatic rings. The maximum absolute atomic E-state index is 12.1. The Hall–Kier alpha value is -1.84. The number of aliphatic hydroxyl groups excluding tert-OH is 1. The van der Waals surface area contributed by atoms with E-state index >= 15 is 0 Å². The lowest BCUT2D eigenvalue weighted by Crippen LogP contribution is -2.43. The van der Waals surface area contributed by atoms with Crippen LogP contribution in [0.5, 0.6) is 0 Å². The molecule has 2 aromatic carbocycles. The fraction of sp³-hybridized carbons (Fsp3) is 0.300. The molecule has 1 amide bonds. The number of halogens is 2. The van der Waals surface area contributed by atoms with E-state index in [9.17, 15) is 9.90 Å². The second-order valence-corrected chi connectivity index (χ2v) is 6.31. The highest BCUT2D eigenvalue weighted by Crippen LogP contribution is 2.14. The number of amides is 1. The van der Waals surface area contributed by atoms with Gasteiger partial charge in [0.25, 0.3) is 5.91 Å². The van der Waals surface area contributed by atoms with Crippen LogP contribution in [0.15, 0.2) is 59.6 Å². The average Bonchev–Trinajstić information content (AvgIpc) is 2.71. The molecule has 6 nitrogen and oxygen atoms in total. The van der Waals surface area contributed by atoms with Gasteiger partial charge in [-0.3, -0.25) is 9.79 Å². The fourth-order valence-electron chi connectivity index (χ4n) is 2.55. The summed E-state index contributed by atoms with van der Waals surface area (Å²) >= 11 is 6.01. The van der Waals surface area contributed by atoms with Crippen molar-refractivity contribution in [2.45, 2.75) is 5.92 Å². The summed E-state index contributed by atoms with van der Waals surface area (Å²) in [6.07, 6.45) is 0. The van der Waals surface area contributed by atoms with Gasteiger partial charge in [0.05, 0.1) is 17.2 Å². The van der Waals surface area contributed by atoms with Gasteiger partial charge < -0.3 is 21.1 Å². The maximum atomic E-state index is 12.1. The largest absolute Gasteiger partial charge is 0.396 e. The highest BCUT2D eigenvalue weighted by molar-refractivity contribution is 14.0. The molecule has 0 aliphatic rings. The molecule has 0 radical (unpaired) electrons. The molecule has 0 bridgehead atoms. The van der Waals surface area contributed by atoms with Gasteiger partial charge in [0, 0.05) is 32.6 Å². The number of rotatable bonds is 8. The van der Waals surface area contributed by atoms with Crippen LogP contribution in [0.4, 0.5) is 0 Å². The molecule has 152 valence electrons. The Bertz CT molecular complexity index is 759. The summed E-state index contributed by atoms with van der Waals surface area (Å²) in [5.74, 6) is 0.371. The van der Waals surface area contributed by atoms with Crippen molar-refractivity contribution >= 4 is 47.4 Å². The first-order chi connectivity index (χ1) is 13.2. The van der Waals surface area contributed by atoms with E-state index in [4.69, 9.17) is 11.6 Å². The number of nitrogens with zero attached hydrogens (tertiary/aromatic N) is 1. The fourth-order valence-corrected chi connectivity index (χ4v) is 2.77. The Morgan fingerprint density at radius 2 is 1.68 bits per heavy atom. The number of carbonyl (C=O) groups is 1. The zero-order chi connectivity index (χ0) is 19.5. The first-order valence-electron chi connectivity index (χ1n) is 8.78. The predicted molar refractivity (Wildman–Crippen MR) is 125 cm³/mol. The van der Waals surface area contributed by atoms with Crippen molar-refractivity contribution in [3.63, 3.8) is 0 Å². The number of hydrogen-bond acceptors (Lipinski definition) is 3. The SMILES string of the molecule is CN=C(NCCNC(=O)c1ccccc1Cl)NCC(CO)c1ccccc1.I. The molecule has 0 aromatic heterocycles. The second kappa shape index (κ2) is 13.4. The monoisotopic (exact) mass is 516 g/mol. The van der Waals surface area contributed by atoms with Gasteiger partial charge in [-0.05, 0) is 17.7 Å². The quantitative estimate of drug-likeness (QED) is 0.188. The van der Waals surface area contributed by atoms with Crippen molar-refractivity contribution < 1.29 is 9.90 Å². The lowest BCUT2D eigenvalue weighted by atomic mass is 10.0. The van der Waals surface area contributed by atoms with Crippen molar-refractivity contribution in [1.29, 1.82) is 0 Å². The number of aliphatic imine (C=N–C) groups is 1. The lowest BCUT2D eigenvalue weighted by Gasteiger charge is -2.18. The van der Waals surface area contributed by atoms with Crippen molar-refractivity contribution in [1.82, 2.24) is 16.0 Å². The molecule has 0 aliphatic heterocycles. The first-order valence-corrected chi connectivity index (χ1v) is 9.16. The van der Waals surface area contributed by atoms with E-state index in [0.29, 0.717) is 36.2 Å². The molecule has 4 N–H and O–H groups in total. The highest BCUT2D eigenvalue weighted by atomic mass is 127. The molecule has 8 heteroatoms. The summed E-state index contributed by atoms with van der Waals surface area (Å²) in [5.41, 5.74) is 1.52. The van der Waals surface area contributed by atoms with Crippen molar-refractivity contribution in [3.8, 4) is 0 Å². The van der Waals surface area contributed by atoms with Crippen molar-refractivity contribution in [2.24, 2.45) is 4.99 Å². The van der Waals surface area contributed by atoms with E-state index in [-0.39, 0.29) is 42.4 Å². The minimum absolute atomic E-state index is 0. The smallest absolute Gasteiger partial charge is 0.252 e. The summed E-state index contributed by atoms with van der Waals surface area (Å²) < 4.78 is 0. The third-order valence-corrected chi connectivity index (χ3v) is 4.38. The molecular formula is C20H26ClIN4O2. The summed E-state index contributed by atoms with van der Waals surface area (Å²) in [6.45, 7) is 1.52. The Balaban J connectivity index is 0.00000392. The van der Waals surface area contributed by atoms with Gasteiger partial charge >= 0.3 is 0 Å². The molecule has 0 fully saturated rings. The lowest BCUT2D eigenvalue weighted by molar-refractivity contribution is 0.0954. The number of carbonyl (C=O) groups excluding carboxylic acids is 1. The van der Waals surface area contributed by atoms with Crippen LogP contribution in [0, 0.1) is 0 Å². The average molecular weight is 517 g/mol. The minimum atomic E-state index is -0.213. The van der Waals surface area contributed by atoms with Crippen molar-refractivity contribution in [2.75, 3.05) is 33.3 Å². The Kier molecular flexibility index (Phi) is 11.5. The van der Waals surface area contributed by atoms with Crippen LogP contribution in [0.1, 0.15) is 21.8 Å². The van der Waals surface area contributed by atoms with Gasteiger partial charge in [0.1, 0.15) is 0 Å². The summed E-state index contributed by atoms with van der Waals surface area (Å²) in [5, 5.41) is 19.2. The van der Waals surface area contributed by atoms with Crippen LogP contribution in [-0.4, -0.2) is 50.3 Å². The van der Waals surface area contributed by atoms with Crippen LogP contribution >= 0.6 is 35.6 Å². The molecule has 0 spiro atoms. The van der Waals surface area contributed by atoms with Gasteiger partial charge in [0.15, 0.2) is 5.96 Å². The van der Waals surface area contributed by atoms with Gasteiger partial charge in [-0.2, -0.15) is 0 Å². The first kappa shape index (κ1) is 24.2.